The van der Waals surface area contributed by atoms with Crippen LogP contribution in [0, 0.1) is 0 Å². The van der Waals surface area contributed by atoms with Gasteiger partial charge in [-0.15, -0.1) is 0 Å². The standard InChI is InChI=1S/C25H20Cl2N6O5S2/c1-30-20-19(22(35)31(2)24(30)36)32(11-13-5-6-14(26)10-15(13)27)23(29-20)38-16-7-4-12(8-17(16)37-3)9-18-21(34)33(28)25(39)40-18/h4-10H,11,28H2,1-3H3. The lowest BCUT2D eigenvalue weighted by molar-refractivity contribution is -0.122. The molecule has 2 N–H and O–H groups in total. The van der Waals surface area contributed by atoms with Crippen molar-refractivity contribution in [2.45, 2.75) is 6.54 Å². The number of nitrogens with two attached hydrogens (primary N) is 1. The van der Waals surface area contributed by atoms with E-state index in [0.717, 1.165) is 21.3 Å². The van der Waals surface area contributed by atoms with Gasteiger partial charge in [0.1, 0.15) is 0 Å². The molecule has 1 saturated heterocycles. The van der Waals surface area contributed by atoms with Gasteiger partial charge in [-0.2, -0.15) is 4.98 Å². The minimum atomic E-state index is -0.551. The summed E-state index contributed by atoms with van der Waals surface area (Å²) in [5, 5.41) is 1.75. The molecular formula is C25H20Cl2N6O5S2. The van der Waals surface area contributed by atoms with Crippen molar-refractivity contribution in [1.82, 2.24) is 23.7 Å². The van der Waals surface area contributed by atoms with Gasteiger partial charge in [0.15, 0.2) is 27.0 Å². The van der Waals surface area contributed by atoms with Crippen molar-refractivity contribution < 1.29 is 14.3 Å². The number of methoxy groups -OCH3 is 1. The summed E-state index contributed by atoms with van der Waals surface area (Å²) in [5.74, 6) is 5.84. The quantitative estimate of drug-likeness (QED) is 0.149. The molecule has 40 heavy (non-hydrogen) atoms. The second-order valence-electron chi connectivity index (χ2n) is 8.66. The summed E-state index contributed by atoms with van der Waals surface area (Å²) < 4.78 is 15.8. The SMILES string of the molecule is COc1cc(C=C2SC(=S)N(N)C2=O)ccc1Oc1nc2c(c(=O)n(C)c(=O)n2C)n1Cc1ccc(Cl)cc1Cl. The van der Waals surface area contributed by atoms with E-state index in [2.05, 4.69) is 4.98 Å². The minimum absolute atomic E-state index is 0.0226. The van der Waals surface area contributed by atoms with Crippen LogP contribution in [0.3, 0.4) is 0 Å². The fourth-order valence-electron chi connectivity index (χ4n) is 4.06. The van der Waals surface area contributed by atoms with Gasteiger partial charge in [0.2, 0.25) is 0 Å². The van der Waals surface area contributed by atoms with Crippen LogP contribution in [0.5, 0.6) is 17.5 Å². The first-order valence-corrected chi connectivity index (χ1v) is 13.5. The summed E-state index contributed by atoms with van der Waals surface area (Å²) in [6, 6.07) is 10.0. The molecule has 5 rings (SSSR count). The minimum Gasteiger partial charge on any atom is -0.493 e. The van der Waals surface area contributed by atoms with E-state index in [1.165, 1.54) is 30.3 Å². The third-order valence-corrected chi connectivity index (χ3v) is 8.08. The van der Waals surface area contributed by atoms with Crippen LogP contribution < -0.4 is 26.6 Å². The highest BCUT2D eigenvalue weighted by molar-refractivity contribution is 8.26. The predicted molar refractivity (Wildman–Crippen MR) is 158 cm³/mol. The molecule has 0 atom stereocenters. The van der Waals surface area contributed by atoms with Crippen LogP contribution in [-0.2, 0) is 25.4 Å². The Hall–Kier alpha value is -3.62. The van der Waals surface area contributed by atoms with Crippen LogP contribution in [0.25, 0.3) is 17.2 Å². The van der Waals surface area contributed by atoms with E-state index in [0.29, 0.717) is 31.8 Å². The average molecular weight is 620 g/mol. The zero-order valence-electron chi connectivity index (χ0n) is 21.2. The van der Waals surface area contributed by atoms with E-state index in [1.807, 2.05) is 0 Å². The summed E-state index contributed by atoms with van der Waals surface area (Å²) >= 11 is 18.7. The number of amides is 1. The molecule has 0 saturated carbocycles. The molecule has 1 fully saturated rings. The van der Waals surface area contributed by atoms with Gasteiger partial charge in [-0.1, -0.05) is 59.3 Å². The summed E-state index contributed by atoms with van der Waals surface area (Å²) in [6.07, 6.45) is 1.63. The second kappa shape index (κ2) is 10.7. The predicted octanol–water partition coefficient (Wildman–Crippen LogP) is 3.66. The van der Waals surface area contributed by atoms with Gasteiger partial charge in [-0.05, 0) is 41.5 Å². The maximum Gasteiger partial charge on any atom is 0.332 e. The number of rotatable bonds is 6. The number of aromatic nitrogens is 4. The van der Waals surface area contributed by atoms with Crippen molar-refractivity contribution in [3.63, 3.8) is 0 Å². The van der Waals surface area contributed by atoms with Crippen LogP contribution >= 0.6 is 47.2 Å². The Bertz CT molecular complexity index is 1880. The van der Waals surface area contributed by atoms with Crippen molar-refractivity contribution in [2.24, 2.45) is 19.9 Å². The van der Waals surface area contributed by atoms with Crippen LogP contribution in [0.15, 0.2) is 50.9 Å². The molecule has 3 heterocycles. The van der Waals surface area contributed by atoms with Gasteiger partial charge in [0.05, 0.1) is 18.6 Å². The van der Waals surface area contributed by atoms with Crippen molar-refractivity contribution >= 4 is 74.6 Å². The molecule has 15 heteroatoms. The number of thiocarbonyl (C=S) groups is 1. The van der Waals surface area contributed by atoms with E-state index in [1.54, 1.807) is 42.5 Å². The highest BCUT2D eigenvalue weighted by atomic mass is 35.5. The second-order valence-corrected chi connectivity index (χ2v) is 11.2. The van der Waals surface area contributed by atoms with Crippen molar-refractivity contribution in [3.05, 3.63) is 83.3 Å². The Labute approximate surface area is 246 Å². The molecule has 0 unspecified atom stereocenters. The van der Waals surface area contributed by atoms with Crippen LogP contribution in [0.4, 0.5) is 0 Å². The highest BCUT2D eigenvalue weighted by Gasteiger charge is 2.30. The topological polar surface area (TPSA) is 127 Å². The fourth-order valence-corrected chi connectivity index (χ4v) is 5.63. The average Bonchev–Trinajstić information content (AvgIpc) is 3.40. The molecule has 2 aromatic carbocycles. The molecule has 0 spiro atoms. The molecule has 0 radical (unpaired) electrons. The Morgan fingerprint density at radius 2 is 1.82 bits per heavy atom. The van der Waals surface area contributed by atoms with Gasteiger partial charge in [0.25, 0.3) is 11.5 Å². The Kier molecular flexibility index (Phi) is 7.50. The number of nitrogens with zero attached hydrogens (tertiary/aromatic N) is 5. The summed E-state index contributed by atoms with van der Waals surface area (Å²) in [5.41, 5.74) is 0.465. The lowest BCUT2D eigenvalue weighted by Gasteiger charge is -2.13. The van der Waals surface area contributed by atoms with E-state index < -0.39 is 17.2 Å². The van der Waals surface area contributed by atoms with E-state index in [4.69, 9.17) is 50.7 Å². The maximum absolute atomic E-state index is 13.2. The van der Waals surface area contributed by atoms with Gasteiger partial charge >= 0.3 is 11.7 Å². The first kappa shape index (κ1) is 27.9. The number of hydrogen-bond acceptors (Lipinski definition) is 9. The largest absolute Gasteiger partial charge is 0.493 e. The Morgan fingerprint density at radius 1 is 1.07 bits per heavy atom. The summed E-state index contributed by atoms with van der Waals surface area (Å²) in [4.78, 5) is 43.0. The van der Waals surface area contributed by atoms with Gasteiger partial charge in [-0.25, -0.2) is 15.6 Å². The number of halogens is 2. The normalized spacial score (nSPS) is 14.6. The van der Waals surface area contributed by atoms with Crippen LogP contribution in [0.2, 0.25) is 10.0 Å². The number of imidazole rings is 1. The van der Waals surface area contributed by atoms with Crippen molar-refractivity contribution in [1.29, 1.82) is 0 Å². The zero-order chi connectivity index (χ0) is 28.9. The molecule has 0 aliphatic carbocycles. The van der Waals surface area contributed by atoms with Crippen LogP contribution in [0.1, 0.15) is 11.1 Å². The van der Waals surface area contributed by atoms with E-state index in [-0.39, 0.29) is 33.8 Å². The molecule has 206 valence electrons. The number of thioether (sulfide) groups is 1. The van der Waals surface area contributed by atoms with Crippen molar-refractivity contribution in [3.8, 4) is 17.5 Å². The lowest BCUT2D eigenvalue weighted by atomic mass is 10.2. The third-order valence-electron chi connectivity index (χ3n) is 6.17. The smallest absolute Gasteiger partial charge is 0.332 e. The fraction of sp³-hybridized carbons (Fsp3) is 0.160. The number of carbonyl (C=O) groups is 1. The highest BCUT2D eigenvalue weighted by Crippen LogP contribution is 2.36. The zero-order valence-corrected chi connectivity index (χ0v) is 24.3. The number of fused-ring (bicyclic) bond motifs is 1. The number of benzene rings is 2. The number of carbonyl (C=O) groups excluding carboxylic acids is 1. The molecule has 1 aliphatic rings. The molecule has 4 aromatic rings. The maximum atomic E-state index is 13.2. The number of aryl methyl sites for hydroxylation is 1. The monoisotopic (exact) mass is 618 g/mol. The molecule has 1 amide bonds. The first-order chi connectivity index (χ1) is 19.0. The van der Waals surface area contributed by atoms with E-state index >= 15 is 0 Å². The van der Waals surface area contributed by atoms with Gasteiger partial charge in [-0.3, -0.25) is 23.3 Å². The van der Waals surface area contributed by atoms with Crippen LogP contribution in [-0.4, -0.2) is 41.0 Å². The molecule has 1 aliphatic heterocycles. The van der Waals surface area contributed by atoms with E-state index in [9.17, 15) is 14.4 Å². The number of hydrazine groups is 1. The molecule has 11 nitrogen and oxygen atoms in total. The molecular weight excluding hydrogens is 599 g/mol. The molecule has 0 bridgehead atoms. The summed E-state index contributed by atoms with van der Waals surface area (Å²) in [6.45, 7) is 0.0939. The van der Waals surface area contributed by atoms with Crippen molar-refractivity contribution in [2.75, 3.05) is 7.11 Å². The van der Waals surface area contributed by atoms with Gasteiger partial charge in [0, 0.05) is 24.1 Å². The Morgan fingerprint density at radius 3 is 2.48 bits per heavy atom. The number of ether oxygens (including phenoxy) is 2. The summed E-state index contributed by atoms with van der Waals surface area (Å²) in [7, 11) is 4.36. The lowest BCUT2D eigenvalue weighted by Crippen LogP contribution is -2.37. The first-order valence-electron chi connectivity index (χ1n) is 11.5. The Balaban J connectivity index is 1.61. The third kappa shape index (κ3) is 4.90. The molecule has 2 aromatic heterocycles. The van der Waals surface area contributed by atoms with Gasteiger partial charge < -0.3 is 9.47 Å². The number of hydrogen-bond donors (Lipinski definition) is 1.